The van der Waals surface area contributed by atoms with Crippen molar-refractivity contribution in [2.75, 3.05) is 5.73 Å². The van der Waals surface area contributed by atoms with Gasteiger partial charge in [-0.3, -0.25) is 0 Å². The molecule has 0 atom stereocenters. The first-order valence-electron chi connectivity index (χ1n) is 3.18. The number of hydrogen-bond acceptors (Lipinski definition) is 3. The van der Waals surface area contributed by atoms with E-state index < -0.39 is 11.6 Å². The zero-order valence-corrected chi connectivity index (χ0v) is 6.66. The number of fused-ring (bicyclic) bond motifs is 1. The highest BCUT2D eigenvalue weighted by molar-refractivity contribution is 7.22. The first-order chi connectivity index (χ1) is 5.66. The number of hydrogen-bond donors (Lipinski definition) is 1. The van der Waals surface area contributed by atoms with E-state index in [-0.39, 0.29) is 10.6 Å². The number of benzene rings is 1. The molecule has 0 saturated heterocycles. The Hall–Kier alpha value is -1.23. The molecule has 62 valence electrons. The number of nitrogens with zero attached hydrogens (tertiary/aromatic N) is 1. The minimum atomic E-state index is -0.634. The van der Waals surface area contributed by atoms with Gasteiger partial charge in [0.1, 0.15) is 11.6 Å². The van der Waals surface area contributed by atoms with Crippen molar-refractivity contribution in [3.63, 3.8) is 0 Å². The molecule has 0 aliphatic rings. The van der Waals surface area contributed by atoms with E-state index in [1.165, 1.54) is 0 Å². The highest BCUT2D eigenvalue weighted by Gasteiger charge is 2.07. The molecule has 2 nitrogen and oxygen atoms in total. The van der Waals surface area contributed by atoms with Crippen LogP contribution in [0.1, 0.15) is 0 Å². The third-order valence-electron chi connectivity index (χ3n) is 1.43. The van der Waals surface area contributed by atoms with Crippen molar-refractivity contribution in [2.24, 2.45) is 0 Å². The molecule has 0 unspecified atom stereocenters. The van der Waals surface area contributed by atoms with Crippen molar-refractivity contribution in [3.8, 4) is 0 Å². The molecule has 2 aromatic rings. The van der Waals surface area contributed by atoms with Gasteiger partial charge >= 0.3 is 0 Å². The predicted molar refractivity (Wildman–Crippen MR) is 43.9 cm³/mol. The van der Waals surface area contributed by atoms with Crippen molar-refractivity contribution >= 4 is 26.7 Å². The molecule has 0 aliphatic heterocycles. The molecule has 5 heteroatoms. The molecule has 0 aliphatic carbocycles. The normalized spacial score (nSPS) is 10.8. The Labute approximate surface area is 70.6 Å². The van der Waals surface area contributed by atoms with E-state index in [4.69, 9.17) is 5.73 Å². The molecule has 12 heavy (non-hydrogen) atoms. The molecule has 0 spiro atoms. The lowest BCUT2D eigenvalue weighted by Gasteiger charge is -1.89. The lowest BCUT2D eigenvalue weighted by atomic mass is 10.3. The number of nitrogen functional groups attached to an aromatic ring is 1. The average Bonchev–Trinajstić information content (AvgIpc) is 2.29. The smallest absolute Gasteiger partial charge is 0.181 e. The monoisotopic (exact) mass is 186 g/mol. The van der Waals surface area contributed by atoms with Crippen LogP contribution in [-0.4, -0.2) is 4.98 Å². The molecular formula is C7H4F2N2S. The minimum absolute atomic E-state index is 0.245. The number of nitrogens with two attached hydrogens (primary N) is 1. The van der Waals surface area contributed by atoms with Crippen molar-refractivity contribution in [1.29, 1.82) is 0 Å². The van der Waals surface area contributed by atoms with E-state index in [2.05, 4.69) is 4.98 Å². The summed E-state index contributed by atoms with van der Waals surface area (Å²) >= 11 is 1.01. The van der Waals surface area contributed by atoms with Crippen LogP contribution >= 0.6 is 11.3 Å². The van der Waals surface area contributed by atoms with Gasteiger partial charge in [-0.25, -0.2) is 13.8 Å². The van der Waals surface area contributed by atoms with E-state index in [9.17, 15) is 8.78 Å². The third-order valence-corrected chi connectivity index (χ3v) is 2.33. The first-order valence-corrected chi connectivity index (χ1v) is 3.99. The van der Waals surface area contributed by atoms with Crippen LogP contribution in [-0.2, 0) is 0 Å². The molecule has 2 N–H and O–H groups in total. The van der Waals surface area contributed by atoms with Gasteiger partial charge in [-0.15, -0.1) is 0 Å². The maximum atomic E-state index is 12.9. The van der Waals surface area contributed by atoms with Crippen LogP contribution < -0.4 is 5.73 Å². The molecule has 1 aromatic heterocycles. The maximum absolute atomic E-state index is 12.9. The second-order valence-corrected chi connectivity index (χ2v) is 3.32. The van der Waals surface area contributed by atoms with Gasteiger partial charge in [0.05, 0.1) is 10.2 Å². The third kappa shape index (κ3) is 1.02. The standard InChI is InChI=1S/C7H4F2N2S/c8-3-1-4(9)6-5(2-3)11-7(10)12-6/h1-2H,(H2,10,11). The summed E-state index contributed by atoms with van der Waals surface area (Å²) in [6.07, 6.45) is 0. The number of aromatic nitrogens is 1. The van der Waals surface area contributed by atoms with Crippen LogP contribution in [0.5, 0.6) is 0 Å². The van der Waals surface area contributed by atoms with Crippen LogP contribution in [0.25, 0.3) is 10.2 Å². The van der Waals surface area contributed by atoms with E-state index in [0.29, 0.717) is 4.70 Å². The average molecular weight is 186 g/mol. The number of thiazole rings is 1. The van der Waals surface area contributed by atoms with Gasteiger partial charge in [-0.05, 0) is 0 Å². The van der Waals surface area contributed by atoms with Crippen molar-refractivity contribution < 1.29 is 8.78 Å². The van der Waals surface area contributed by atoms with Gasteiger partial charge in [-0.1, -0.05) is 11.3 Å². The summed E-state index contributed by atoms with van der Waals surface area (Å²) in [7, 11) is 0. The number of halogens is 2. The Kier molecular flexibility index (Phi) is 1.47. The quantitative estimate of drug-likeness (QED) is 0.684. The lowest BCUT2D eigenvalue weighted by molar-refractivity contribution is 0.593. The van der Waals surface area contributed by atoms with Gasteiger partial charge in [0.2, 0.25) is 0 Å². The first kappa shape index (κ1) is 7.42. The van der Waals surface area contributed by atoms with E-state index in [0.717, 1.165) is 23.5 Å². The molecule has 0 fully saturated rings. The zero-order chi connectivity index (χ0) is 8.72. The van der Waals surface area contributed by atoms with Gasteiger partial charge in [0, 0.05) is 12.1 Å². The molecule has 0 saturated carbocycles. The summed E-state index contributed by atoms with van der Waals surface area (Å²) in [4.78, 5) is 3.75. The molecule has 1 heterocycles. The largest absolute Gasteiger partial charge is 0.375 e. The van der Waals surface area contributed by atoms with Crippen LogP contribution in [0.2, 0.25) is 0 Å². The van der Waals surface area contributed by atoms with Crippen LogP contribution in [0.3, 0.4) is 0 Å². The minimum Gasteiger partial charge on any atom is -0.375 e. The fraction of sp³-hybridized carbons (Fsp3) is 0. The van der Waals surface area contributed by atoms with E-state index >= 15 is 0 Å². The van der Waals surface area contributed by atoms with Crippen molar-refractivity contribution in [2.45, 2.75) is 0 Å². The lowest BCUT2D eigenvalue weighted by Crippen LogP contribution is -1.81. The molecule has 1 aromatic carbocycles. The molecule has 0 amide bonds. The number of anilines is 1. The summed E-state index contributed by atoms with van der Waals surface area (Å²) in [5.74, 6) is -1.25. The number of rotatable bonds is 0. The SMILES string of the molecule is Nc1nc2cc(F)cc(F)c2s1. The Morgan fingerprint density at radius 2 is 2.08 bits per heavy atom. The fourth-order valence-electron chi connectivity index (χ4n) is 0.977. The van der Waals surface area contributed by atoms with Crippen molar-refractivity contribution in [3.05, 3.63) is 23.8 Å². The summed E-state index contributed by atoms with van der Waals surface area (Å²) in [6, 6.07) is 1.98. The predicted octanol–water partition coefficient (Wildman–Crippen LogP) is 2.16. The van der Waals surface area contributed by atoms with E-state index in [1.807, 2.05) is 0 Å². The second kappa shape index (κ2) is 2.38. The van der Waals surface area contributed by atoms with Gasteiger partial charge < -0.3 is 5.73 Å². The van der Waals surface area contributed by atoms with E-state index in [1.54, 1.807) is 0 Å². The Balaban J connectivity index is 2.88. The van der Waals surface area contributed by atoms with Gasteiger partial charge in [0.25, 0.3) is 0 Å². The summed E-state index contributed by atoms with van der Waals surface area (Å²) in [6.45, 7) is 0. The fourth-order valence-corrected chi connectivity index (χ4v) is 1.70. The van der Waals surface area contributed by atoms with Gasteiger partial charge in [0.15, 0.2) is 5.13 Å². The highest BCUT2D eigenvalue weighted by atomic mass is 32.1. The Morgan fingerprint density at radius 1 is 1.33 bits per heavy atom. The Bertz CT molecular complexity index is 438. The molecular weight excluding hydrogens is 182 g/mol. The maximum Gasteiger partial charge on any atom is 0.181 e. The van der Waals surface area contributed by atoms with Crippen LogP contribution in [0.15, 0.2) is 12.1 Å². The highest BCUT2D eigenvalue weighted by Crippen LogP contribution is 2.26. The Morgan fingerprint density at radius 3 is 2.83 bits per heavy atom. The van der Waals surface area contributed by atoms with Gasteiger partial charge in [-0.2, -0.15) is 0 Å². The topological polar surface area (TPSA) is 38.9 Å². The molecule has 0 radical (unpaired) electrons. The van der Waals surface area contributed by atoms with Crippen LogP contribution in [0.4, 0.5) is 13.9 Å². The second-order valence-electron chi connectivity index (χ2n) is 2.29. The van der Waals surface area contributed by atoms with Crippen LogP contribution in [0, 0.1) is 11.6 Å². The summed E-state index contributed by atoms with van der Waals surface area (Å²) in [5.41, 5.74) is 5.60. The van der Waals surface area contributed by atoms with Crippen molar-refractivity contribution in [1.82, 2.24) is 4.98 Å². The molecule has 0 bridgehead atoms. The summed E-state index contributed by atoms with van der Waals surface area (Å²) < 4.78 is 25.8. The zero-order valence-electron chi connectivity index (χ0n) is 5.84. The molecule has 2 rings (SSSR count). The summed E-state index contributed by atoms with van der Waals surface area (Å²) in [5, 5.41) is 0.245.